The average molecular weight is 531 g/mol. The Morgan fingerprint density at radius 1 is 1.08 bits per heavy atom. The first-order chi connectivity index (χ1) is 18.5. The van der Waals surface area contributed by atoms with E-state index >= 15 is 0 Å². The molecule has 10 nitrogen and oxygen atoms in total. The SMILES string of the molecule is CCOC1OC(C(=O)N2CCOCC2)=CC(c2cn(C(C)=O)c3ccccc23)C1CCOCCOCCO. The van der Waals surface area contributed by atoms with Crippen molar-refractivity contribution in [2.24, 2.45) is 5.92 Å². The average Bonchev–Trinajstić information content (AvgIpc) is 3.33. The molecule has 2 aromatic rings. The van der Waals surface area contributed by atoms with Gasteiger partial charge in [-0.05, 0) is 31.1 Å². The van der Waals surface area contributed by atoms with Crippen LogP contribution in [0.4, 0.5) is 0 Å². The van der Waals surface area contributed by atoms with Crippen LogP contribution in [0.25, 0.3) is 10.9 Å². The van der Waals surface area contributed by atoms with Crippen LogP contribution in [0.15, 0.2) is 42.3 Å². The predicted octanol–water partition coefficient (Wildman–Crippen LogP) is 2.55. The number of para-hydroxylation sites is 1. The second-order valence-corrected chi connectivity index (χ2v) is 9.29. The van der Waals surface area contributed by atoms with Crippen molar-refractivity contribution in [1.82, 2.24) is 9.47 Å². The van der Waals surface area contributed by atoms with Crippen molar-refractivity contribution >= 4 is 22.7 Å². The van der Waals surface area contributed by atoms with Crippen molar-refractivity contribution in [3.63, 3.8) is 0 Å². The standard InChI is InChI=1S/C28H38N2O8/c1-3-37-28-22(8-12-34-16-17-36-15-11-31)23(18-26(38-28)27(33)29-9-13-35-14-10-29)24-19-30(20(2)32)25-7-5-4-6-21(24)25/h4-7,18-19,22-23,28,31H,3,8-17H2,1-2H3. The van der Waals surface area contributed by atoms with E-state index in [1.54, 1.807) is 9.47 Å². The fourth-order valence-electron chi connectivity index (χ4n) is 5.05. The van der Waals surface area contributed by atoms with Crippen LogP contribution in [0.1, 0.15) is 36.5 Å². The summed E-state index contributed by atoms with van der Waals surface area (Å²) < 4.78 is 30.4. The third kappa shape index (κ3) is 6.62. The van der Waals surface area contributed by atoms with Gasteiger partial charge in [0.1, 0.15) is 0 Å². The molecule has 4 rings (SSSR count). The molecule has 38 heavy (non-hydrogen) atoms. The third-order valence-corrected chi connectivity index (χ3v) is 6.87. The zero-order valence-corrected chi connectivity index (χ0v) is 22.2. The number of carbonyl (C=O) groups excluding carboxylic acids is 2. The highest BCUT2D eigenvalue weighted by molar-refractivity contribution is 5.95. The Labute approximate surface area is 223 Å². The summed E-state index contributed by atoms with van der Waals surface area (Å²) in [5.74, 6) is -0.434. The smallest absolute Gasteiger partial charge is 0.288 e. The Kier molecular flexibility index (Phi) is 10.3. The summed E-state index contributed by atoms with van der Waals surface area (Å²) in [6.45, 7) is 7.32. The van der Waals surface area contributed by atoms with Gasteiger partial charge in [0, 0.05) is 56.6 Å². The lowest BCUT2D eigenvalue weighted by molar-refractivity contribution is -0.173. The Balaban J connectivity index is 1.66. The number of hydrogen-bond donors (Lipinski definition) is 1. The lowest BCUT2D eigenvalue weighted by Gasteiger charge is -2.38. The molecule has 1 N–H and O–H groups in total. The Bertz CT molecular complexity index is 1110. The molecule has 1 aromatic heterocycles. The van der Waals surface area contributed by atoms with Crippen molar-refractivity contribution in [1.29, 1.82) is 0 Å². The normalized spacial score (nSPS) is 21.8. The molecular weight excluding hydrogens is 492 g/mol. The molecule has 3 unspecified atom stereocenters. The van der Waals surface area contributed by atoms with Crippen molar-refractivity contribution in [3.05, 3.63) is 47.9 Å². The molecule has 0 radical (unpaired) electrons. The quantitative estimate of drug-likeness (QED) is 0.417. The number of benzene rings is 1. The predicted molar refractivity (Wildman–Crippen MR) is 140 cm³/mol. The molecule has 0 saturated carbocycles. The molecule has 0 aliphatic carbocycles. The Morgan fingerprint density at radius 2 is 1.82 bits per heavy atom. The number of aliphatic hydroxyl groups is 1. The molecule has 2 aliphatic rings. The van der Waals surface area contributed by atoms with Crippen LogP contribution < -0.4 is 0 Å². The minimum absolute atomic E-state index is 0.0250. The van der Waals surface area contributed by atoms with Gasteiger partial charge in [-0.25, -0.2) is 0 Å². The number of carbonyl (C=O) groups is 2. The number of aromatic nitrogens is 1. The number of amides is 1. The third-order valence-electron chi connectivity index (χ3n) is 6.87. The zero-order valence-electron chi connectivity index (χ0n) is 22.2. The number of fused-ring (bicyclic) bond motifs is 1. The van der Waals surface area contributed by atoms with E-state index in [2.05, 4.69) is 0 Å². The monoisotopic (exact) mass is 530 g/mol. The van der Waals surface area contributed by atoms with Gasteiger partial charge in [-0.2, -0.15) is 0 Å². The fourth-order valence-corrected chi connectivity index (χ4v) is 5.05. The molecule has 0 spiro atoms. The highest BCUT2D eigenvalue weighted by Crippen LogP contribution is 2.42. The summed E-state index contributed by atoms with van der Waals surface area (Å²) in [6, 6.07) is 7.78. The van der Waals surface area contributed by atoms with E-state index < -0.39 is 6.29 Å². The second kappa shape index (κ2) is 13.9. The number of ether oxygens (including phenoxy) is 5. The first kappa shape index (κ1) is 28.3. The summed E-state index contributed by atoms with van der Waals surface area (Å²) in [5.41, 5.74) is 1.76. The second-order valence-electron chi connectivity index (χ2n) is 9.29. The van der Waals surface area contributed by atoms with Crippen LogP contribution >= 0.6 is 0 Å². The number of aliphatic hydroxyl groups excluding tert-OH is 1. The van der Waals surface area contributed by atoms with Crippen LogP contribution in [0.2, 0.25) is 0 Å². The van der Waals surface area contributed by atoms with Crippen LogP contribution in [-0.4, -0.2) is 98.6 Å². The summed E-state index contributed by atoms with van der Waals surface area (Å²) >= 11 is 0. The number of hydrogen-bond acceptors (Lipinski definition) is 8. The van der Waals surface area contributed by atoms with E-state index in [9.17, 15) is 9.59 Å². The number of rotatable bonds is 12. The summed E-state index contributed by atoms with van der Waals surface area (Å²) in [4.78, 5) is 27.7. The zero-order chi connectivity index (χ0) is 26.9. The lowest BCUT2D eigenvalue weighted by Crippen LogP contribution is -2.44. The van der Waals surface area contributed by atoms with Gasteiger partial charge in [0.25, 0.3) is 5.91 Å². The maximum absolute atomic E-state index is 13.5. The topological polar surface area (TPSA) is 109 Å². The van der Waals surface area contributed by atoms with Gasteiger partial charge in [0.15, 0.2) is 5.76 Å². The van der Waals surface area contributed by atoms with Crippen molar-refractivity contribution < 1.29 is 38.4 Å². The maximum atomic E-state index is 13.5. The molecular formula is C28H38N2O8. The van der Waals surface area contributed by atoms with Crippen molar-refractivity contribution in [2.75, 3.05) is 65.9 Å². The van der Waals surface area contributed by atoms with Crippen molar-refractivity contribution in [2.45, 2.75) is 32.5 Å². The summed E-state index contributed by atoms with van der Waals surface area (Å²) in [7, 11) is 0. The molecule has 2 aliphatic heterocycles. The van der Waals surface area contributed by atoms with Crippen LogP contribution in [0.5, 0.6) is 0 Å². The van der Waals surface area contributed by atoms with E-state index in [4.69, 9.17) is 28.8 Å². The molecule has 1 amide bonds. The number of allylic oxidation sites excluding steroid dienone is 1. The summed E-state index contributed by atoms with van der Waals surface area (Å²) in [5, 5.41) is 9.80. The molecule has 1 saturated heterocycles. The highest BCUT2D eigenvalue weighted by Gasteiger charge is 2.40. The van der Waals surface area contributed by atoms with E-state index in [0.717, 1.165) is 16.5 Å². The van der Waals surface area contributed by atoms with E-state index in [0.29, 0.717) is 59.2 Å². The van der Waals surface area contributed by atoms with E-state index in [1.807, 2.05) is 43.5 Å². The number of morpholine rings is 1. The summed E-state index contributed by atoms with van der Waals surface area (Å²) in [6.07, 6.45) is 3.69. The van der Waals surface area contributed by atoms with Gasteiger partial charge in [0.2, 0.25) is 12.2 Å². The minimum atomic E-state index is -0.663. The molecule has 10 heteroatoms. The molecule has 3 heterocycles. The van der Waals surface area contributed by atoms with Crippen molar-refractivity contribution in [3.8, 4) is 0 Å². The van der Waals surface area contributed by atoms with E-state index in [1.165, 1.54) is 6.92 Å². The van der Waals surface area contributed by atoms with Crippen LogP contribution in [-0.2, 0) is 28.5 Å². The Hall–Kier alpha value is -2.76. The molecule has 208 valence electrons. The van der Waals surface area contributed by atoms with Gasteiger partial charge >= 0.3 is 0 Å². The van der Waals surface area contributed by atoms with Crippen LogP contribution in [0.3, 0.4) is 0 Å². The number of nitrogens with zero attached hydrogens (tertiary/aromatic N) is 2. The van der Waals surface area contributed by atoms with Gasteiger partial charge in [-0.15, -0.1) is 0 Å². The maximum Gasteiger partial charge on any atom is 0.288 e. The van der Waals surface area contributed by atoms with Gasteiger partial charge < -0.3 is 33.7 Å². The van der Waals surface area contributed by atoms with Gasteiger partial charge in [0.05, 0.1) is 45.2 Å². The lowest BCUT2D eigenvalue weighted by atomic mass is 9.81. The van der Waals surface area contributed by atoms with Gasteiger partial charge in [-0.3, -0.25) is 14.2 Å². The first-order valence-electron chi connectivity index (χ1n) is 13.3. The highest BCUT2D eigenvalue weighted by atomic mass is 16.7. The largest absolute Gasteiger partial charge is 0.459 e. The Morgan fingerprint density at radius 3 is 2.53 bits per heavy atom. The molecule has 3 atom stereocenters. The molecule has 0 bridgehead atoms. The minimum Gasteiger partial charge on any atom is -0.459 e. The fraction of sp³-hybridized carbons (Fsp3) is 0.571. The molecule has 1 aromatic carbocycles. The van der Waals surface area contributed by atoms with Gasteiger partial charge in [-0.1, -0.05) is 18.2 Å². The van der Waals surface area contributed by atoms with Crippen LogP contribution in [0, 0.1) is 5.92 Å². The molecule has 1 fully saturated rings. The first-order valence-corrected chi connectivity index (χ1v) is 13.3. The van der Waals surface area contributed by atoms with E-state index in [-0.39, 0.29) is 42.6 Å².